The van der Waals surface area contributed by atoms with Crippen molar-refractivity contribution < 1.29 is 14.7 Å². The molecule has 2 heterocycles. The normalized spacial score (nSPS) is 18.9. The lowest BCUT2D eigenvalue weighted by Gasteiger charge is -2.26. The second kappa shape index (κ2) is 5.80. The number of thioether (sulfide) groups is 1. The van der Waals surface area contributed by atoms with Gasteiger partial charge in [-0.3, -0.25) is 9.69 Å². The van der Waals surface area contributed by atoms with Crippen molar-refractivity contribution in [3.05, 3.63) is 28.9 Å². The van der Waals surface area contributed by atoms with Gasteiger partial charge in [0.1, 0.15) is 4.32 Å². The van der Waals surface area contributed by atoms with Crippen LogP contribution in [0.1, 0.15) is 18.9 Å². The molecule has 1 fully saturated rings. The molecule has 1 aromatic heterocycles. The zero-order chi connectivity index (χ0) is 14.9. The van der Waals surface area contributed by atoms with Gasteiger partial charge in [0.25, 0.3) is 5.91 Å². The largest absolute Gasteiger partial charge is 0.548 e. The predicted octanol–water partition coefficient (Wildman–Crippen LogP) is 0.755. The fraction of sp³-hybridized carbons (Fsp3) is 0.308. The third-order valence-electron chi connectivity index (χ3n) is 2.95. The molecule has 106 valence electrons. The summed E-state index contributed by atoms with van der Waals surface area (Å²) < 4.78 is 2.12. The van der Waals surface area contributed by atoms with Crippen LogP contribution < -0.4 is 5.11 Å². The highest BCUT2D eigenvalue weighted by Gasteiger charge is 2.36. The van der Waals surface area contributed by atoms with Crippen molar-refractivity contribution in [1.29, 1.82) is 0 Å². The van der Waals surface area contributed by atoms with Gasteiger partial charge in [0, 0.05) is 19.4 Å². The highest BCUT2D eigenvalue weighted by molar-refractivity contribution is 8.26. The lowest BCUT2D eigenvalue weighted by atomic mass is 10.2. The van der Waals surface area contributed by atoms with E-state index in [0.29, 0.717) is 4.91 Å². The fourth-order valence-electron chi connectivity index (χ4n) is 1.96. The Balaban J connectivity index is 2.29. The van der Waals surface area contributed by atoms with Gasteiger partial charge in [-0.05, 0) is 24.1 Å². The van der Waals surface area contributed by atoms with Crippen molar-refractivity contribution in [2.24, 2.45) is 7.05 Å². The molecule has 1 aromatic rings. The first-order valence-electron chi connectivity index (χ1n) is 6.04. The van der Waals surface area contributed by atoms with Crippen molar-refractivity contribution in [2.75, 3.05) is 0 Å². The molecule has 1 atom stereocenters. The van der Waals surface area contributed by atoms with Crippen LogP contribution in [0.3, 0.4) is 0 Å². The highest BCUT2D eigenvalue weighted by atomic mass is 32.2. The number of rotatable bonds is 4. The zero-order valence-electron chi connectivity index (χ0n) is 11.0. The Hall–Kier alpha value is -1.60. The fourth-order valence-corrected chi connectivity index (χ4v) is 3.32. The number of thiocarbonyl (C=S) groups is 1. The van der Waals surface area contributed by atoms with Crippen LogP contribution in [0, 0.1) is 0 Å². The number of aliphatic carboxylic acids is 1. The summed E-state index contributed by atoms with van der Waals surface area (Å²) in [4.78, 5) is 24.9. The SMILES string of the molecule is CC[C@H](C(=O)[O-])N1C(=O)/C(=C\c2ccn(C)c2)SC1=S. The van der Waals surface area contributed by atoms with Gasteiger partial charge in [0.2, 0.25) is 0 Å². The van der Waals surface area contributed by atoms with Gasteiger partial charge in [-0.25, -0.2) is 0 Å². The number of hydrogen-bond donors (Lipinski definition) is 0. The molecule has 1 saturated heterocycles. The molecular formula is C13H13N2O3S2-. The molecule has 0 N–H and O–H groups in total. The quantitative estimate of drug-likeness (QED) is 0.607. The molecule has 0 saturated carbocycles. The molecule has 1 aliphatic rings. The second-order valence-corrected chi connectivity index (χ2v) is 6.08. The van der Waals surface area contributed by atoms with Crippen molar-refractivity contribution in [3.8, 4) is 0 Å². The van der Waals surface area contributed by atoms with E-state index in [0.717, 1.165) is 22.2 Å². The van der Waals surface area contributed by atoms with Crippen LogP contribution in [0.4, 0.5) is 0 Å². The van der Waals surface area contributed by atoms with Crippen molar-refractivity contribution in [1.82, 2.24) is 9.47 Å². The molecule has 0 bridgehead atoms. The molecule has 5 nitrogen and oxygen atoms in total. The minimum absolute atomic E-state index is 0.257. The summed E-state index contributed by atoms with van der Waals surface area (Å²) in [5, 5.41) is 11.1. The van der Waals surface area contributed by atoms with E-state index in [1.54, 1.807) is 13.0 Å². The summed E-state index contributed by atoms with van der Waals surface area (Å²) in [5.41, 5.74) is 0.870. The Kier molecular flexibility index (Phi) is 4.29. The van der Waals surface area contributed by atoms with E-state index >= 15 is 0 Å². The lowest BCUT2D eigenvalue weighted by Crippen LogP contribution is -2.49. The van der Waals surface area contributed by atoms with Crippen LogP contribution in [0.25, 0.3) is 6.08 Å². The molecule has 1 amide bonds. The van der Waals surface area contributed by atoms with Crippen LogP contribution in [-0.2, 0) is 16.6 Å². The smallest absolute Gasteiger partial charge is 0.266 e. The van der Waals surface area contributed by atoms with Gasteiger partial charge in [-0.2, -0.15) is 0 Å². The molecule has 0 radical (unpaired) electrons. The number of carbonyl (C=O) groups is 2. The maximum Gasteiger partial charge on any atom is 0.266 e. The van der Waals surface area contributed by atoms with Crippen LogP contribution in [0.15, 0.2) is 23.4 Å². The molecule has 0 unspecified atom stereocenters. The summed E-state index contributed by atoms with van der Waals surface area (Å²) in [6.07, 6.45) is 5.69. The number of hydrogen-bond acceptors (Lipinski definition) is 5. The predicted molar refractivity (Wildman–Crippen MR) is 79.5 cm³/mol. The zero-order valence-corrected chi connectivity index (χ0v) is 12.7. The Bertz CT molecular complexity index is 607. The Morgan fingerprint density at radius 1 is 1.60 bits per heavy atom. The second-order valence-electron chi connectivity index (χ2n) is 4.41. The third kappa shape index (κ3) is 2.78. The van der Waals surface area contributed by atoms with Gasteiger partial charge in [-0.15, -0.1) is 0 Å². The number of aryl methyl sites for hydroxylation is 1. The third-order valence-corrected chi connectivity index (χ3v) is 4.28. The topological polar surface area (TPSA) is 65.4 Å². The highest BCUT2D eigenvalue weighted by Crippen LogP contribution is 2.34. The average Bonchev–Trinajstić information content (AvgIpc) is 2.89. The molecule has 7 heteroatoms. The summed E-state index contributed by atoms with van der Waals surface area (Å²) in [7, 11) is 1.88. The van der Waals surface area contributed by atoms with E-state index in [4.69, 9.17) is 12.2 Å². The average molecular weight is 309 g/mol. The maximum absolute atomic E-state index is 12.3. The Labute approximate surface area is 126 Å². The lowest BCUT2D eigenvalue weighted by molar-refractivity contribution is -0.310. The number of carboxylic acid groups (broad SMARTS) is 1. The van der Waals surface area contributed by atoms with E-state index in [-0.39, 0.29) is 16.6 Å². The summed E-state index contributed by atoms with van der Waals surface area (Å²) in [6, 6.07) is 0.854. The van der Waals surface area contributed by atoms with Crippen molar-refractivity contribution in [2.45, 2.75) is 19.4 Å². The van der Waals surface area contributed by atoms with E-state index in [2.05, 4.69) is 0 Å². The van der Waals surface area contributed by atoms with Crippen molar-refractivity contribution in [3.63, 3.8) is 0 Å². The standard InChI is InChI=1S/C13H14N2O3S2/c1-3-9(12(17)18)15-11(16)10(20-13(15)19)6-8-4-5-14(2)7-8/h4-7,9H,3H2,1-2H3,(H,17,18)/p-1/b10-6+/t9-/m1/s1. The maximum atomic E-state index is 12.3. The van der Waals surface area contributed by atoms with Gasteiger partial charge < -0.3 is 14.5 Å². The van der Waals surface area contributed by atoms with E-state index in [9.17, 15) is 14.7 Å². The molecule has 20 heavy (non-hydrogen) atoms. The number of nitrogens with zero attached hydrogens (tertiary/aromatic N) is 2. The molecule has 0 aromatic carbocycles. The first kappa shape index (κ1) is 14.8. The number of carbonyl (C=O) groups excluding carboxylic acids is 2. The number of amides is 1. The Morgan fingerprint density at radius 2 is 2.30 bits per heavy atom. The molecular weight excluding hydrogens is 296 g/mol. The van der Waals surface area contributed by atoms with E-state index in [1.165, 1.54) is 0 Å². The van der Waals surface area contributed by atoms with Gasteiger partial charge >= 0.3 is 0 Å². The summed E-state index contributed by atoms with van der Waals surface area (Å²) in [6.45, 7) is 1.68. The number of carboxylic acids is 1. The van der Waals surface area contributed by atoms with Crippen molar-refractivity contribution >= 4 is 46.3 Å². The van der Waals surface area contributed by atoms with Gasteiger partial charge in [0.15, 0.2) is 0 Å². The first-order valence-corrected chi connectivity index (χ1v) is 7.26. The van der Waals surface area contributed by atoms with E-state index < -0.39 is 12.0 Å². The molecule has 0 spiro atoms. The summed E-state index contributed by atoms with van der Waals surface area (Å²) >= 11 is 6.22. The first-order chi connectivity index (χ1) is 9.43. The van der Waals surface area contributed by atoms with Gasteiger partial charge in [-0.1, -0.05) is 30.9 Å². The molecule has 0 aliphatic carbocycles. The number of aromatic nitrogens is 1. The van der Waals surface area contributed by atoms with Crippen LogP contribution >= 0.6 is 24.0 Å². The van der Waals surface area contributed by atoms with Crippen LogP contribution in [-0.4, -0.2) is 31.7 Å². The van der Waals surface area contributed by atoms with Crippen LogP contribution in [0.5, 0.6) is 0 Å². The monoisotopic (exact) mass is 309 g/mol. The Morgan fingerprint density at radius 3 is 2.80 bits per heavy atom. The van der Waals surface area contributed by atoms with Crippen LogP contribution in [0.2, 0.25) is 0 Å². The van der Waals surface area contributed by atoms with E-state index in [1.807, 2.05) is 30.1 Å². The minimum atomic E-state index is -1.29. The summed E-state index contributed by atoms with van der Waals surface area (Å²) in [5.74, 6) is -1.66. The molecule has 2 rings (SSSR count). The van der Waals surface area contributed by atoms with Gasteiger partial charge in [0.05, 0.1) is 16.9 Å². The molecule has 1 aliphatic heterocycles. The minimum Gasteiger partial charge on any atom is -0.548 e.